The molecule has 0 unspecified atom stereocenters. The van der Waals surface area contributed by atoms with Crippen LogP contribution in [0.2, 0.25) is 0 Å². The van der Waals surface area contributed by atoms with Crippen LogP contribution in [0.25, 0.3) is 0 Å². The standard InChI is InChI=1S/C21H34N2O/c1-7-9-19-10-11-20(16-18(19)8-2)23-14-12-22(13-15-23)17(3)24-21(4,5)6/h10-11,16H,3,7-9,12-15H2,1-2,4-6H3. The Balaban J connectivity index is 1.98. The van der Waals surface area contributed by atoms with Crippen LogP contribution < -0.4 is 4.90 Å². The molecule has 0 radical (unpaired) electrons. The van der Waals surface area contributed by atoms with Crippen molar-refractivity contribution in [1.82, 2.24) is 4.90 Å². The number of aryl methyl sites for hydroxylation is 2. The molecule has 1 aliphatic rings. The van der Waals surface area contributed by atoms with Crippen LogP contribution >= 0.6 is 0 Å². The molecule has 0 bridgehead atoms. The third-order valence-corrected chi connectivity index (χ3v) is 4.51. The van der Waals surface area contributed by atoms with Crippen molar-refractivity contribution < 1.29 is 4.74 Å². The molecule has 0 amide bonds. The van der Waals surface area contributed by atoms with E-state index in [0.29, 0.717) is 0 Å². The lowest BCUT2D eigenvalue weighted by molar-refractivity contribution is 0.00167. The lowest BCUT2D eigenvalue weighted by Gasteiger charge is -2.39. The van der Waals surface area contributed by atoms with Gasteiger partial charge in [0.05, 0.1) is 0 Å². The molecule has 1 fully saturated rings. The van der Waals surface area contributed by atoms with Crippen LogP contribution in [0, 0.1) is 0 Å². The van der Waals surface area contributed by atoms with E-state index >= 15 is 0 Å². The number of hydrogen-bond donors (Lipinski definition) is 0. The fourth-order valence-corrected chi connectivity index (χ4v) is 3.28. The van der Waals surface area contributed by atoms with Gasteiger partial charge in [0.1, 0.15) is 5.60 Å². The molecule has 0 aliphatic carbocycles. The van der Waals surface area contributed by atoms with Crippen molar-refractivity contribution in [1.29, 1.82) is 0 Å². The molecule has 1 aromatic carbocycles. The summed E-state index contributed by atoms with van der Waals surface area (Å²) in [6.07, 6.45) is 3.50. The van der Waals surface area contributed by atoms with Crippen LogP contribution in [-0.2, 0) is 17.6 Å². The van der Waals surface area contributed by atoms with Crippen LogP contribution in [0.3, 0.4) is 0 Å². The minimum Gasteiger partial charge on any atom is -0.474 e. The molecule has 0 aromatic heterocycles. The monoisotopic (exact) mass is 330 g/mol. The lowest BCUT2D eigenvalue weighted by Crippen LogP contribution is -2.46. The molecule has 3 nitrogen and oxygen atoms in total. The third-order valence-electron chi connectivity index (χ3n) is 4.51. The SMILES string of the molecule is C=C(OC(C)(C)C)N1CCN(c2ccc(CCC)c(CC)c2)CC1. The van der Waals surface area contributed by atoms with Gasteiger partial charge < -0.3 is 14.5 Å². The van der Waals surface area contributed by atoms with Crippen molar-refractivity contribution in [3.05, 3.63) is 41.8 Å². The van der Waals surface area contributed by atoms with Crippen molar-refractivity contribution in [2.24, 2.45) is 0 Å². The highest BCUT2D eigenvalue weighted by Crippen LogP contribution is 2.24. The van der Waals surface area contributed by atoms with Gasteiger partial charge in [-0.05, 0) is 63.5 Å². The summed E-state index contributed by atoms with van der Waals surface area (Å²) in [5.41, 5.74) is 4.18. The Hall–Kier alpha value is -1.64. The molecule has 2 rings (SSSR count). The Morgan fingerprint density at radius 1 is 1.08 bits per heavy atom. The Bertz CT molecular complexity index is 551. The zero-order valence-corrected chi connectivity index (χ0v) is 16.2. The summed E-state index contributed by atoms with van der Waals surface area (Å²) >= 11 is 0. The number of hydrogen-bond acceptors (Lipinski definition) is 3. The lowest BCUT2D eigenvalue weighted by atomic mass is 10.00. The molecule has 24 heavy (non-hydrogen) atoms. The van der Waals surface area contributed by atoms with Gasteiger partial charge in [0, 0.05) is 31.9 Å². The second-order valence-electron chi connectivity index (χ2n) is 7.64. The summed E-state index contributed by atoms with van der Waals surface area (Å²) in [6, 6.07) is 7.01. The highest BCUT2D eigenvalue weighted by atomic mass is 16.5. The molecular formula is C21H34N2O. The summed E-state index contributed by atoms with van der Waals surface area (Å²) in [7, 11) is 0. The number of piperazine rings is 1. The van der Waals surface area contributed by atoms with Crippen molar-refractivity contribution >= 4 is 5.69 Å². The molecule has 0 saturated carbocycles. The molecule has 3 heteroatoms. The maximum Gasteiger partial charge on any atom is 0.182 e. The van der Waals surface area contributed by atoms with E-state index in [1.807, 2.05) is 0 Å². The van der Waals surface area contributed by atoms with Crippen LogP contribution in [0.1, 0.15) is 52.2 Å². The average Bonchev–Trinajstić information content (AvgIpc) is 2.54. The first-order valence-electron chi connectivity index (χ1n) is 9.33. The van der Waals surface area contributed by atoms with Gasteiger partial charge in [-0.2, -0.15) is 0 Å². The van der Waals surface area contributed by atoms with Crippen LogP contribution in [0.15, 0.2) is 30.7 Å². The predicted molar refractivity (Wildman–Crippen MR) is 104 cm³/mol. The zero-order valence-electron chi connectivity index (χ0n) is 16.2. The number of benzene rings is 1. The van der Waals surface area contributed by atoms with E-state index in [9.17, 15) is 0 Å². The molecule has 0 N–H and O–H groups in total. The minimum atomic E-state index is -0.181. The quantitative estimate of drug-likeness (QED) is 0.708. The number of ether oxygens (including phenoxy) is 1. The second kappa shape index (κ2) is 7.96. The maximum atomic E-state index is 5.91. The third kappa shape index (κ3) is 4.93. The topological polar surface area (TPSA) is 15.7 Å². The first-order valence-corrected chi connectivity index (χ1v) is 9.33. The van der Waals surface area contributed by atoms with Crippen molar-refractivity contribution in [3.8, 4) is 0 Å². The minimum absolute atomic E-state index is 0.181. The van der Waals surface area contributed by atoms with Gasteiger partial charge in [0.2, 0.25) is 0 Å². The van der Waals surface area contributed by atoms with E-state index in [4.69, 9.17) is 4.74 Å². The summed E-state index contributed by atoms with van der Waals surface area (Å²) in [4.78, 5) is 4.74. The summed E-state index contributed by atoms with van der Waals surface area (Å²) < 4.78 is 5.91. The number of nitrogens with zero attached hydrogens (tertiary/aromatic N) is 2. The molecule has 1 heterocycles. The first-order chi connectivity index (χ1) is 11.3. The molecule has 1 aromatic rings. The van der Waals surface area contributed by atoms with Crippen molar-refractivity contribution in [3.63, 3.8) is 0 Å². The van der Waals surface area contributed by atoms with E-state index in [1.54, 1.807) is 0 Å². The van der Waals surface area contributed by atoms with Gasteiger partial charge >= 0.3 is 0 Å². The van der Waals surface area contributed by atoms with Gasteiger partial charge in [-0.1, -0.05) is 26.3 Å². The van der Waals surface area contributed by atoms with E-state index in [2.05, 4.69) is 69.2 Å². The molecule has 0 atom stereocenters. The zero-order chi connectivity index (χ0) is 17.7. The second-order valence-corrected chi connectivity index (χ2v) is 7.64. The molecule has 1 aliphatic heterocycles. The highest BCUT2D eigenvalue weighted by molar-refractivity contribution is 5.51. The van der Waals surface area contributed by atoms with E-state index in [1.165, 1.54) is 29.7 Å². The highest BCUT2D eigenvalue weighted by Gasteiger charge is 2.22. The Morgan fingerprint density at radius 3 is 2.29 bits per heavy atom. The Kier molecular flexibility index (Phi) is 6.20. The van der Waals surface area contributed by atoms with Gasteiger partial charge in [0.15, 0.2) is 5.88 Å². The molecular weight excluding hydrogens is 296 g/mol. The summed E-state index contributed by atoms with van der Waals surface area (Å²) in [5, 5.41) is 0. The Morgan fingerprint density at radius 2 is 1.75 bits per heavy atom. The Labute approximate surface area is 148 Å². The largest absolute Gasteiger partial charge is 0.474 e. The summed E-state index contributed by atoms with van der Waals surface area (Å²) in [5.74, 6) is 0.801. The predicted octanol–water partition coefficient (Wildman–Crippen LogP) is 4.61. The molecule has 134 valence electrons. The van der Waals surface area contributed by atoms with Crippen LogP contribution in [0.5, 0.6) is 0 Å². The first kappa shape index (κ1) is 18.7. The fourth-order valence-electron chi connectivity index (χ4n) is 3.28. The fraction of sp³-hybridized carbons (Fsp3) is 0.619. The van der Waals surface area contributed by atoms with E-state index in [0.717, 1.165) is 38.5 Å². The number of rotatable bonds is 6. The van der Waals surface area contributed by atoms with Gasteiger partial charge in [-0.15, -0.1) is 0 Å². The van der Waals surface area contributed by atoms with Crippen LogP contribution in [-0.4, -0.2) is 36.7 Å². The number of anilines is 1. The van der Waals surface area contributed by atoms with Crippen molar-refractivity contribution in [2.75, 3.05) is 31.1 Å². The average molecular weight is 331 g/mol. The van der Waals surface area contributed by atoms with E-state index in [-0.39, 0.29) is 5.60 Å². The van der Waals surface area contributed by atoms with Crippen molar-refractivity contribution in [2.45, 2.75) is 59.5 Å². The maximum absolute atomic E-state index is 5.91. The molecule has 1 saturated heterocycles. The van der Waals surface area contributed by atoms with E-state index < -0.39 is 0 Å². The van der Waals surface area contributed by atoms with Crippen LogP contribution in [0.4, 0.5) is 5.69 Å². The normalized spacial score (nSPS) is 15.5. The summed E-state index contributed by atoms with van der Waals surface area (Å²) in [6.45, 7) is 18.8. The van der Waals surface area contributed by atoms with Gasteiger partial charge in [0.25, 0.3) is 0 Å². The van der Waals surface area contributed by atoms with Gasteiger partial charge in [-0.3, -0.25) is 0 Å². The smallest absolute Gasteiger partial charge is 0.182 e. The van der Waals surface area contributed by atoms with Gasteiger partial charge in [-0.25, -0.2) is 0 Å². The molecule has 0 spiro atoms.